The van der Waals surface area contributed by atoms with Gasteiger partial charge in [-0.3, -0.25) is 0 Å². The van der Waals surface area contributed by atoms with Gasteiger partial charge in [0.2, 0.25) is 5.82 Å². The molecule has 0 radical (unpaired) electrons. The Bertz CT molecular complexity index is 727. The van der Waals surface area contributed by atoms with Crippen molar-refractivity contribution in [2.45, 2.75) is 6.54 Å². The molecule has 0 aliphatic carbocycles. The summed E-state index contributed by atoms with van der Waals surface area (Å²) in [5.41, 5.74) is 1.40. The van der Waals surface area contributed by atoms with Crippen LogP contribution in [0.4, 0.5) is 4.39 Å². The minimum absolute atomic E-state index is 0.249. The van der Waals surface area contributed by atoms with Crippen LogP contribution in [0.3, 0.4) is 0 Å². The van der Waals surface area contributed by atoms with Gasteiger partial charge in [-0.05, 0) is 17.3 Å². The predicted molar refractivity (Wildman–Crippen MR) is 76.5 cm³/mol. The molecular weight excluding hydrogens is 323 g/mol. The number of halogens is 2. The van der Waals surface area contributed by atoms with Gasteiger partial charge in [0.25, 0.3) is 0 Å². The Hall–Kier alpha value is -2.08. The Morgan fingerprint density at radius 1 is 1.10 bits per heavy atom. The molecule has 0 unspecified atom stereocenters. The van der Waals surface area contributed by atoms with Gasteiger partial charge in [-0.1, -0.05) is 52.3 Å². The number of aromatic nitrogens is 4. The standard InChI is InChI=1S/C14H10BrFN4/c15-12-7-6-11(13(16)8-12)9-20-18-14(17-19-20)10-4-2-1-3-5-10/h1-8H,9H2. The van der Waals surface area contributed by atoms with Crippen LogP contribution >= 0.6 is 15.9 Å². The number of nitrogens with zero attached hydrogens (tertiary/aromatic N) is 4. The number of rotatable bonds is 3. The third-order valence-corrected chi connectivity index (χ3v) is 3.30. The lowest BCUT2D eigenvalue weighted by atomic mass is 10.2. The third kappa shape index (κ3) is 2.75. The van der Waals surface area contributed by atoms with Crippen LogP contribution in [0.25, 0.3) is 11.4 Å². The van der Waals surface area contributed by atoms with Crippen molar-refractivity contribution in [1.82, 2.24) is 20.2 Å². The zero-order valence-corrected chi connectivity index (χ0v) is 12.0. The molecule has 4 nitrogen and oxygen atoms in total. The van der Waals surface area contributed by atoms with Gasteiger partial charge in [-0.15, -0.1) is 10.2 Å². The summed E-state index contributed by atoms with van der Waals surface area (Å²) in [6.45, 7) is 0.249. The summed E-state index contributed by atoms with van der Waals surface area (Å²) in [7, 11) is 0. The molecular formula is C14H10BrFN4. The molecule has 0 saturated heterocycles. The van der Waals surface area contributed by atoms with E-state index in [1.807, 2.05) is 30.3 Å². The molecule has 0 bridgehead atoms. The zero-order valence-electron chi connectivity index (χ0n) is 10.4. The summed E-state index contributed by atoms with van der Waals surface area (Å²) in [5, 5.41) is 12.2. The molecule has 0 saturated carbocycles. The molecule has 0 fully saturated rings. The molecule has 1 aromatic heterocycles. The summed E-state index contributed by atoms with van der Waals surface area (Å²) in [5.74, 6) is 0.237. The Balaban J connectivity index is 1.84. The van der Waals surface area contributed by atoms with E-state index in [0.717, 1.165) is 5.56 Å². The highest BCUT2D eigenvalue weighted by Crippen LogP contribution is 2.16. The number of tetrazole rings is 1. The van der Waals surface area contributed by atoms with Crippen molar-refractivity contribution in [1.29, 1.82) is 0 Å². The molecule has 0 N–H and O–H groups in total. The van der Waals surface area contributed by atoms with E-state index in [4.69, 9.17) is 0 Å². The first-order valence-corrected chi connectivity index (χ1v) is 6.79. The van der Waals surface area contributed by atoms with E-state index in [1.54, 1.807) is 12.1 Å². The highest BCUT2D eigenvalue weighted by Gasteiger charge is 2.08. The summed E-state index contributed by atoms with van der Waals surface area (Å²) in [6.07, 6.45) is 0. The van der Waals surface area contributed by atoms with Crippen molar-refractivity contribution in [2.24, 2.45) is 0 Å². The largest absolute Gasteiger partial charge is 0.207 e. The third-order valence-electron chi connectivity index (χ3n) is 2.81. The molecule has 0 spiro atoms. The van der Waals surface area contributed by atoms with Crippen LogP contribution < -0.4 is 0 Å². The van der Waals surface area contributed by atoms with Gasteiger partial charge in [0, 0.05) is 15.6 Å². The topological polar surface area (TPSA) is 43.6 Å². The smallest absolute Gasteiger partial charge is 0.204 e. The van der Waals surface area contributed by atoms with Gasteiger partial charge in [-0.2, -0.15) is 4.80 Å². The molecule has 100 valence electrons. The van der Waals surface area contributed by atoms with Crippen molar-refractivity contribution in [2.75, 3.05) is 0 Å². The summed E-state index contributed by atoms with van der Waals surface area (Å²) >= 11 is 3.23. The maximum atomic E-state index is 13.7. The molecule has 6 heteroatoms. The van der Waals surface area contributed by atoms with E-state index < -0.39 is 0 Å². The van der Waals surface area contributed by atoms with E-state index >= 15 is 0 Å². The van der Waals surface area contributed by atoms with Gasteiger partial charge in [0.15, 0.2) is 0 Å². The molecule has 2 aromatic carbocycles. The van der Waals surface area contributed by atoms with Crippen LogP contribution in [0.5, 0.6) is 0 Å². The van der Waals surface area contributed by atoms with Crippen LogP contribution in [0.2, 0.25) is 0 Å². The van der Waals surface area contributed by atoms with Crippen LogP contribution in [0.15, 0.2) is 53.0 Å². The molecule has 0 amide bonds. The Kier molecular flexibility index (Phi) is 3.56. The highest BCUT2D eigenvalue weighted by atomic mass is 79.9. The van der Waals surface area contributed by atoms with Crippen molar-refractivity contribution in [3.8, 4) is 11.4 Å². The average molecular weight is 333 g/mol. The lowest BCUT2D eigenvalue weighted by Gasteiger charge is -2.02. The minimum Gasteiger partial charge on any atom is -0.207 e. The first kappa shape index (κ1) is 12.9. The summed E-state index contributed by atoms with van der Waals surface area (Å²) < 4.78 is 14.5. The van der Waals surface area contributed by atoms with Gasteiger partial charge < -0.3 is 0 Å². The number of hydrogen-bond donors (Lipinski definition) is 0. The Labute approximate surface area is 123 Å². The summed E-state index contributed by atoms with van der Waals surface area (Å²) in [4.78, 5) is 1.38. The average Bonchev–Trinajstić information content (AvgIpc) is 2.92. The first-order valence-electron chi connectivity index (χ1n) is 5.99. The van der Waals surface area contributed by atoms with Gasteiger partial charge >= 0.3 is 0 Å². The van der Waals surface area contributed by atoms with E-state index in [0.29, 0.717) is 15.9 Å². The SMILES string of the molecule is Fc1cc(Br)ccc1Cn1nnc(-c2ccccc2)n1. The monoisotopic (exact) mass is 332 g/mol. The van der Waals surface area contributed by atoms with Crippen LogP contribution in [0, 0.1) is 5.82 Å². The Morgan fingerprint density at radius 3 is 2.65 bits per heavy atom. The fourth-order valence-corrected chi connectivity index (χ4v) is 2.15. The van der Waals surface area contributed by atoms with Gasteiger partial charge in [0.05, 0.1) is 6.54 Å². The second-order valence-electron chi connectivity index (χ2n) is 4.25. The number of benzene rings is 2. The first-order chi connectivity index (χ1) is 9.72. The van der Waals surface area contributed by atoms with Crippen LogP contribution in [0.1, 0.15) is 5.56 Å². The fraction of sp³-hybridized carbons (Fsp3) is 0.0714. The van der Waals surface area contributed by atoms with Crippen molar-refractivity contribution >= 4 is 15.9 Å². The van der Waals surface area contributed by atoms with Gasteiger partial charge in [0.1, 0.15) is 5.82 Å². The molecule has 20 heavy (non-hydrogen) atoms. The second kappa shape index (κ2) is 5.50. The normalized spacial score (nSPS) is 10.7. The highest BCUT2D eigenvalue weighted by molar-refractivity contribution is 9.10. The molecule has 3 aromatic rings. The lowest BCUT2D eigenvalue weighted by molar-refractivity contribution is 0.538. The van der Waals surface area contributed by atoms with E-state index in [1.165, 1.54) is 10.9 Å². The maximum absolute atomic E-state index is 13.7. The van der Waals surface area contributed by atoms with E-state index in [-0.39, 0.29) is 12.4 Å². The molecule has 0 aliphatic heterocycles. The second-order valence-corrected chi connectivity index (χ2v) is 5.16. The fourth-order valence-electron chi connectivity index (χ4n) is 1.82. The van der Waals surface area contributed by atoms with E-state index in [9.17, 15) is 4.39 Å². The molecule has 0 aliphatic rings. The molecule has 1 heterocycles. The van der Waals surface area contributed by atoms with Crippen LogP contribution in [-0.4, -0.2) is 20.2 Å². The maximum Gasteiger partial charge on any atom is 0.204 e. The summed E-state index contributed by atoms with van der Waals surface area (Å²) in [6, 6.07) is 14.5. The van der Waals surface area contributed by atoms with E-state index in [2.05, 4.69) is 31.3 Å². The quantitative estimate of drug-likeness (QED) is 0.739. The molecule has 3 rings (SSSR count). The lowest BCUT2D eigenvalue weighted by Crippen LogP contribution is -2.05. The Morgan fingerprint density at radius 2 is 1.90 bits per heavy atom. The van der Waals surface area contributed by atoms with Crippen molar-refractivity contribution < 1.29 is 4.39 Å². The van der Waals surface area contributed by atoms with Crippen LogP contribution in [-0.2, 0) is 6.54 Å². The van der Waals surface area contributed by atoms with Crippen molar-refractivity contribution in [3.05, 3.63) is 64.4 Å². The zero-order chi connectivity index (χ0) is 13.9. The molecule has 0 atom stereocenters. The number of hydrogen-bond acceptors (Lipinski definition) is 3. The van der Waals surface area contributed by atoms with Gasteiger partial charge in [-0.25, -0.2) is 4.39 Å². The van der Waals surface area contributed by atoms with Crippen molar-refractivity contribution in [3.63, 3.8) is 0 Å². The predicted octanol–water partition coefficient (Wildman–Crippen LogP) is 3.29. The minimum atomic E-state index is -0.294.